The topological polar surface area (TPSA) is 61.3 Å². The molecule has 0 fully saturated rings. The summed E-state index contributed by atoms with van der Waals surface area (Å²) in [5.74, 6) is -0.195. The van der Waals surface area contributed by atoms with Gasteiger partial charge in [0.2, 0.25) is 5.88 Å². The highest BCUT2D eigenvalue weighted by molar-refractivity contribution is 5.86. The Morgan fingerprint density at radius 3 is 2.92 bits per heavy atom. The normalized spacial score (nSPS) is 9.38. The molecule has 5 heteroatoms. The van der Waals surface area contributed by atoms with Gasteiger partial charge in [0.15, 0.2) is 5.69 Å². The quantitative estimate of drug-likeness (QED) is 0.642. The molecule has 0 aliphatic rings. The lowest BCUT2D eigenvalue weighted by molar-refractivity contribution is 0.0518. The number of rotatable bonds is 3. The average molecular weight is 182 g/mol. The summed E-state index contributed by atoms with van der Waals surface area (Å²) in [5.41, 5.74) is 0.154. The summed E-state index contributed by atoms with van der Waals surface area (Å²) in [4.78, 5) is 18.8. The van der Waals surface area contributed by atoms with Gasteiger partial charge in [0, 0.05) is 0 Å². The van der Waals surface area contributed by atoms with E-state index >= 15 is 0 Å². The first-order valence-electron chi connectivity index (χ1n) is 3.81. The van der Waals surface area contributed by atoms with Crippen LogP contribution in [-0.4, -0.2) is 29.7 Å². The van der Waals surface area contributed by atoms with Crippen LogP contribution < -0.4 is 4.74 Å². The molecule has 13 heavy (non-hydrogen) atoms. The molecule has 1 aromatic rings. The predicted octanol–water partition coefficient (Wildman–Crippen LogP) is 0.662. The minimum atomic E-state index is -0.492. The van der Waals surface area contributed by atoms with Gasteiger partial charge in [-0.2, -0.15) is 0 Å². The summed E-state index contributed by atoms with van der Waals surface area (Å²) in [7, 11) is 1.46. The fourth-order valence-corrected chi connectivity index (χ4v) is 0.750. The van der Waals surface area contributed by atoms with Crippen LogP contribution >= 0.6 is 0 Å². The van der Waals surface area contributed by atoms with Gasteiger partial charge < -0.3 is 9.47 Å². The Labute approximate surface area is 75.7 Å². The number of carbonyl (C=O) groups is 1. The van der Waals surface area contributed by atoms with E-state index in [1.54, 1.807) is 6.92 Å². The number of aromatic nitrogens is 2. The molecule has 5 nitrogen and oxygen atoms in total. The second kappa shape index (κ2) is 4.39. The molecule has 0 unspecified atom stereocenters. The summed E-state index contributed by atoms with van der Waals surface area (Å²) < 4.78 is 9.53. The lowest BCUT2D eigenvalue weighted by Gasteiger charge is -2.01. The van der Waals surface area contributed by atoms with Crippen LogP contribution in [0.1, 0.15) is 17.4 Å². The van der Waals surface area contributed by atoms with Crippen molar-refractivity contribution in [2.75, 3.05) is 13.7 Å². The van der Waals surface area contributed by atoms with Crippen molar-refractivity contribution in [3.8, 4) is 5.88 Å². The molecule has 0 aliphatic heterocycles. The van der Waals surface area contributed by atoms with E-state index in [0.29, 0.717) is 12.5 Å². The summed E-state index contributed by atoms with van der Waals surface area (Å²) >= 11 is 0. The van der Waals surface area contributed by atoms with Crippen LogP contribution in [0.5, 0.6) is 5.88 Å². The molecule has 1 heterocycles. The average Bonchev–Trinajstić information content (AvgIpc) is 2.18. The van der Waals surface area contributed by atoms with E-state index < -0.39 is 5.97 Å². The van der Waals surface area contributed by atoms with Crippen molar-refractivity contribution in [1.82, 2.24) is 9.97 Å². The maximum absolute atomic E-state index is 11.1. The maximum atomic E-state index is 11.1. The number of ether oxygens (including phenoxy) is 2. The molecule has 70 valence electrons. The molecule has 0 aliphatic carbocycles. The third kappa shape index (κ3) is 2.40. The Bertz CT molecular complexity index is 301. The summed E-state index contributed by atoms with van der Waals surface area (Å²) in [5, 5.41) is 0. The van der Waals surface area contributed by atoms with E-state index in [-0.39, 0.29) is 5.69 Å². The highest BCUT2D eigenvalue weighted by Crippen LogP contribution is 2.04. The zero-order valence-electron chi connectivity index (χ0n) is 7.48. The highest BCUT2D eigenvalue weighted by atomic mass is 16.5. The highest BCUT2D eigenvalue weighted by Gasteiger charge is 2.09. The molecule has 1 aromatic heterocycles. The summed E-state index contributed by atoms with van der Waals surface area (Å²) in [6.07, 6.45) is 2.75. The van der Waals surface area contributed by atoms with Crippen molar-refractivity contribution in [3.05, 3.63) is 18.1 Å². The van der Waals surface area contributed by atoms with Crippen LogP contribution in [0.2, 0.25) is 0 Å². The number of hydrogen-bond acceptors (Lipinski definition) is 5. The van der Waals surface area contributed by atoms with E-state index in [1.807, 2.05) is 0 Å². The SMILES string of the molecule is CCOC(=O)c1cncc(OC)n1. The molecule has 1 rings (SSSR count). The molecule has 0 aromatic carbocycles. The molecule has 0 atom stereocenters. The minimum Gasteiger partial charge on any atom is -0.480 e. The molecule has 0 N–H and O–H groups in total. The number of hydrogen-bond donors (Lipinski definition) is 0. The Hall–Kier alpha value is -1.65. The third-order valence-corrected chi connectivity index (χ3v) is 1.31. The van der Waals surface area contributed by atoms with Crippen LogP contribution in [-0.2, 0) is 4.74 Å². The molecule has 0 saturated carbocycles. The standard InChI is InChI=1S/C8H10N2O3/c1-3-13-8(11)6-4-9-5-7(10-6)12-2/h4-5H,3H2,1-2H3. The largest absolute Gasteiger partial charge is 0.480 e. The molecule has 0 saturated heterocycles. The number of esters is 1. The monoisotopic (exact) mass is 182 g/mol. The Morgan fingerprint density at radius 2 is 2.31 bits per heavy atom. The van der Waals surface area contributed by atoms with Gasteiger partial charge in [0.1, 0.15) is 0 Å². The van der Waals surface area contributed by atoms with E-state index in [4.69, 9.17) is 9.47 Å². The molecular weight excluding hydrogens is 172 g/mol. The fraction of sp³-hybridized carbons (Fsp3) is 0.375. The number of nitrogens with zero attached hydrogens (tertiary/aromatic N) is 2. The van der Waals surface area contributed by atoms with Crippen LogP contribution in [0.3, 0.4) is 0 Å². The second-order valence-corrected chi connectivity index (χ2v) is 2.17. The van der Waals surface area contributed by atoms with Crippen molar-refractivity contribution in [3.63, 3.8) is 0 Å². The van der Waals surface area contributed by atoms with Gasteiger partial charge in [0.05, 0.1) is 26.1 Å². The maximum Gasteiger partial charge on any atom is 0.358 e. The smallest absolute Gasteiger partial charge is 0.358 e. The van der Waals surface area contributed by atoms with Crippen molar-refractivity contribution < 1.29 is 14.3 Å². The first-order chi connectivity index (χ1) is 6.27. The molecule has 0 spiro atoms. The van der Waals surface area contributed by atoms with Crippen molar-refractivity contribution >= 4 is 5.97 Å². The van der Waals surface area contributed by atoms with Gasteiger partial charge in [-0.15, -0.1) is 0 Å². The molecule has 0 radical (unpaired) electrons. The zero-order valence-corrected chi connectivity index (χ0v) is 7.48. The third-order valence-electron chi connectivity index (χ3n) is 1.31. The van der Waals surface area contributed by atoms with Crippen LogP contribution in [0.4, 0.5) is 0 Å². The van der Waals surface area contributed by atoms with Gasteiger partial charge in [-0.1, -0.05) is 0 Å². The fourth-order valence-electron chi connectivity index (χ4n) is 0.750. The Morgan fingerprint density at radius 1 is 1.54 bits per heavy atom. The van der Waals surface area contributed by atoms with Gasteiger partial charge in [-0.05, 0) is 6.92 Å². The van der Waals surface area contributed by atoms with Gasteiger partial charge in [-0.25, -0.2) is 9.78 Å². The molecular formula is C8H10N2O3. The number of carbonyl (C=O) groups excluding carboxylic acids is 1. The lowest BCUT2D eigenvalue weighted by atomic mass is 10.4. The Kier molecular flexibility index (Phi) is 3.19. The van der Waals surface area contributed by atoms with Crippen molar-refractivity contribution in [1.29, 1.82) is 0 Å². The summed E-state index contributed by atoms with van der Waals surface area (Å²) in [6, 6.07) is 0. The molecule has 0 amide bonds. The van der Waals surface area contributed by atoms with Crippen molar-refractivity contribution in [2.24, 2.45) is 0 Å². The van der Waals surface area contributed by atoms with Gasteiger partial charge >= 0.3 is 5.97 Å². The predicted molar refractivity (Wildman–Crippen MR) is 44.5 cm³/mol. The van der Waals surface area contributed by atoms with Crippen LogP contribution in [0, 0.1) is 0 Å². The zero-order chi connectivity index (χ0) is 9.68. The van der Waals surface area contributed by atoms with Gasteiger partial charge in [0.25, 0.3) is 0 Å². The number of methoxy groups -OCH3 is 1. The van der Waals surface area contributed by atoms with Crippen LogP contribution in [0.25, 0.3) is 0 Å². The minimum absolute atomic E-state index is 0.154. The van der Waals surface area contributed by atoms with E-state index in [1.165, 1.54) is 19.5 Å². The molecule has 0 bridgehead atoms. The summed E-state index contributed by atoms with van der Waals surface area (Å²) in [6.45, 7) is 2.04. The van der Waals surface area contributed by atoms with E-state index in [9.17, 15) is 4.79 Å². The second-order valence-electron chi connectivity index (χ2n) is 2.17. The Balaban J connectivity index is 2.82. The first kappa shape index (κ1) is 9.44. The van der Waals surface area contributed by atoms with Crippen molar-refractivity contribution in [2.45, 2.75) is 6.92 Å². The van der Waals surface area contributed by atoms with E-state index in [0.717, 1.165) is 0 Å². The van der Waals surface area contributed by atoms with Crippen LogP contribution in [0.15, 0.2) is 12.4 Å². The lowest BCUT2D eigenvalue weighted by Crippen LogP contribution is -2.08. The first-order valence-corrected chi connectivity index (χ1v) is 3.81. The van der Waals surface area contributed by atoms with Gasteiger partial charge in [-0.3, -0.25) is 4.98 Å². The van der Waals surface area contributed by atoms with E-state index in [2.05, 4.69) is 9.97 Å².